The van der Waals surface area contributed by atoms with E-state index in [2.05, 4.69) is 17.6 Å². The highest BCUT2D eigenvalue weighted by atomic mass is 19.1. The molecule has 3 atom stereocenters. The first kappa shape index (κ1) is 23.7. The molecule has 2 amide bonds. The molecule has 32 heavy (non-hydrogen) atoms. The summed E-state index contributed by atoms with van der Waals surface area (Å²) >= 11 is 0. The topological polar surface area (TPSA) is 79.9 Å². The van der Waals surface area contributed by atoms with E-state index in [-0.39, 0.29) is 29.5 Å². The molecule has 0 saturated heterocycles. The molecule has 7 nitrogen and oxygen atoms in total. The van der Waals surface area contributed by atoms with Gasteiger partial charge in [0.05, 0.1) is 11.7 Å². The van der Waals surface area contributed by atoms with Crippen LogP contribution in [0.25, 0.3) is 0 Å². The summed E-state index contributed by atoms with van der Waals surface area (Å²) in [5.74, 6) is -0.559. The zero-order chi connectivity index (χ0) is 23.3. The van der Waals surface area contributed by atoms with Crippen molar-refractivity contribution < 1.29 is 23.5 Å². The number of rotatable bonds is 3. The van der Waals surface area contributed by atoms with E-state index < -0.39 is 11.7 Å². The zero-order valence-electron chi connectivity index (χ0n) is 18.9. The summed E-state index contributed by atoms with van der Waals surface area (Å²) in [4.78, 5) is 27.2. The molecule has 0 saturated carbocycles. The highest BCUT2D eigenvalue weighted by Gasteiger charge is 2.25. The molecule has 0 aliphatic carbocycles. The number of halogens is 1. The molecule has 2 aromatic carbocycles. The standard InChI is InChI=1S/C24H30FN3O4/c1-15-12-26-16(2)14-32-21-11-19(27-23(29)17-6-5-7-18(25)10-17)8-9-20(21)24(30)28(3)13-22(15)31-4/h5-11,15-16,22,26H,12-14H2,1-4H3,(H,27,29)/t15-,16+,22+/m1/s1. The maximum atomic E-state index is 13.4. The van der Waals surface area contributed by atoms with E-state index >= 15 is 0 Å². The summed E-state index contributed by atoms with van der Waals surface area (Å²) in [7, 11) is 3.38. The summed E-state index contributed by atoms with van der Waals surface area (Å²) < 4.78 is 25.0. The van der Waals surface area contributed by atoms with Gasteiger partial charge < -0.3 is 25.0 Å². The number of hydrogen-bond acceptors (Lipinski definition) is 5. The van der Waals surface area contributed by atoms with Crippen molar-refractivity contribution >= 4 is 17.5 Å². The van der Waals surface area contributed by atoms with Crippen LogP contribution in [0.4, 0.5) is 10.1 Å². The fourth-order valence-corrected chi connectivity index (χ4v) is 3.57. The lowest BCUT2D eigenvalue weighted by molar-refractivity contribution is 0.0281. The van der Waals surface area contributed by atoms with Crippen LogP contribution in [-0.2, 0) is 4.74 Å². The molecule has 0 aromatic heterocycles. The minimum absolute atomic E-state index is 0.0422. The molecule has 1 aliphatic heterocycles. The molecule has 172 valence electrons. The van der Waals surface area contributed by atoms with Gasteiger partial charge in [-0.15, -0.1) is 0 Å². The van der Waals surface area contributed by atoms with Crippen LogP contribution in [0.1, 0.15) is 34.6 Å². The van der Waals surface area contributed by atoms with E-state index in [0.717, 1.165) is 6.54 Å². The van der Waals surface area contributed by atoms with Crippen LogP contribution in [0.5, 0.6) is 5.75 Å². The van der Waals surface area contributed by atoms with Gasteiger partial charge in [0.15, 0.2) is 0 Å². The van der Waals surface area contributed by atoms with Crippen molar-refractivity contribution in [3.05, 3.63) is 59.4 Å². The Kier molecular flexibility index (Phi) is 7.82. The molecule has 3 rings (SSSR count). The first-order valence-electron chi connectivity index (χ1n) is 10.6. The quantitative estimate of drug-likeness (QED) is 0.762. The second-order valence-corrected chi connectivity index (χ2v) is 8.23. The molecule has 0 spiro atoms. The zero-order valence-corrected chi connectivity index (χ0v) is 18.9. The Balaban J connectivity index is 1.87. The Morgan fingerprint density at radius 3 is 2.75 bits per heavy atom. The first-order chi connectivity index (χ1) is 15.3. The van der Waals surface area contributed by atoms with E-state index in [1.165, 1.54) is 24.3 Å². The SMILES string of the molecule is CO[C@H]1CN(C)C(=O)c2ccc(NC(=O)c3cccc(F)c3)cc2OC[C@H](C)NC[C@H]1C. The molecule has 8 heteroatoms. The number of fused-ring (bicyclic) bond motifs is 1. The molecule has 0 bridgehead atoms. The number of likely N-dealkylation sites (N-methyl/N-ethyl adjacent to an activating group) is 1. The number of ether oxygens (including phenoxy) is 2. The Labute approximate surface area is 187 Å². The van der Waals surface area contributed by atoms with Crippen LogP contribution in [0.15, 0.2) is 42.5 Å². The lowest BCUT2D eigenvalue weighted by Gasteiger charge is -2.30. The van der Waals surface area contributed by atoms with Crippen molar-refractivity contribution in [3.8, 4) is 5.75 Å². The summed E-state index contributed by atoms with van der Waals surface area (Å²) in [5, 5.41) is 6.17. The lowest BCUT2D eigenvalue weighted by Crippen LogP contribution is -2.44. The van der Waals surface area contributed by atoms with Gasteiger partial charge in [-0.1, -0.05) is 13.0 Å². The fraction of sp³-hybridized carbons (Fsp3) is 0.417. The number of carbonyl (C=O) groups excluding carboxylic acids is 2. The average Bonchev–Trinajstić information content (AvgIpc) is 2.78. The second kappa shape index (κ2) is 10.6. The van der Waals surface area contributed by atoms with Crippen LogP contribution < -0.4 is 15.4 Å². The molecule has 1 heterocycles. The van der Waals surface area contributed by atoms with Crippen LogP contribution in [0, 0.1) is 11.7 Å². The summed E-state index contributed by atoms with van der Waals surface area (Å²) in [5.41, 5.74) is 1.04. The van der Waals surface area contributed by atoms with E-state index in [0.29, 0.717) is 30.2 Å². The van der Waals surface area contributed by atoms with Crippen LogP contribution in [-0.4, -0.2) is 62.7 Å². The molecular formula is C24H30FN3O4. The number of methoxy groups -OCH3 is 1. The monoisotopic (exact) mass is 443 g/mol. The van der Waals surface area contributed by atoms with Gasteiger partial charge in [-0.2, -0.15) is 0 Å². The number of nitrogens with one attached hydrogen (secondary N) is 2. The molecule has 0 fully saturated rings. The lowest BCUT2D eigenvalue weighted by atomic mass is 10.0. The van der Waals surface area contributed by atoms with Gasteiger partial charge in [0.25, 0.3) is 11.8 Å². The van der Waals surface area contributed by atoms with Gasteiger partial charge in [-0.05, 0) is 43.2 Å². The highest BCUT2D eigenvalue weighted by Crippen LogP contribution is 2.26. The third-order valence-corrected chi connectivity index (χ3v) is 5.57. The fourth-order valence-electron chi connectivity index (χ4n) is 3.57. The molecule has 0 radical (unpaired) electrons. The van der Waals surface area contributed by atoms with Gasteiger partial charge in [0.2, 0.25) is 0 Å². The summed E-state index contributed by atoms with van der Waals surface area (Å²) in [6, 6.07) is 10.4. The van der Waals surface area contributed by atoms with Gasteiger partial charge in [-0.3, -0.25) is 9.59 Å². The minimum atomic E-state index is -0.489. The Morgan fingerprint density at radius 1 is 1.25 bits per heavy atom. The van der Waals surface area contributed by atoms with Gasteiger partial charge in [-0.25, -0.2) is 4.39 Å². The molecule has 0 unspecified atom stereocenters. The number of anilines is 1. The molecule has 2 N–H and O–H groups in total. The summed E-state index contributed by atoms with van der Waals surface area (Å²) in [6.45, 7) is 5.59. The molecule has 2 aromatic rings. The second-order valence-electron chi connectivity index (χ2n) is 8.23. The number of amides is 2. The predicted molar refractivity (Wildman–Crippen MR) is 121 cm³/mol. The van der Waals surface area contributed by atoms with Gasteiger partial charge in [0.1, 0.15) is 18.2 Å². The number of hydrogen-bond donors (Lipinski definition) is 2. The van der Waals surface area contributed by atoms with Crippen LogP contribution in [0.2, 0.25) is 0 Å². The predicted octanol–water partition coefficient (Wildman–Crippen LogP) is 3.17. The Hall–Kier alpha value is -2.97. The first-order valence-corrected chi connectivity index (χ1v) is 10.6. The normalized spacial score (nSPS) is 22.2. The molecular weight excluding hydrogens is 413 g/mol. The number of carbonyl (C=O) groups is 2. The van der Waals surface area contributed by atoms with Crippen molar-refractivity contribution in [3.63, 3.8) is 0 Å². The van der Waals surface area contributed by atoms with Crippen LogP contribution in [0.3, 0.4) is 0 Å². The Bertz CT molecular complexity index is 968. The largest absolute Gasteiger partial charge is 0.491 e. The Morgan fingerprint density at radius 2 is 2.03 bits per heavy atom. The van der Waals surface area contributed by atoms with Crippen molar-refractivity contribution in [2.24, 2.45) is 5.92 Å². The molecule has 1 aliphatic rings. The van der Waals surface area contributed by atoms with Gasteiger partial charge >= 0.3 is 0 Å². The van der Waals surface area contributed by atoms with Crippen molar-refractivity contribution in [2.45, 2.75) is 26.0 Å². The smallest absolute Gasteiger partial charge is 0.257 e. The van der Waals surface area contributed by atoms with E-state index in [1.807, 2.05) is 6.92 Å². The van der Waals surface area contributed by atoms with Crippen LogP contribution >= 0.6 is 0 Å². The maximum absolute atomic E-state index is 13.4. The van der Waals surface area contributed by atoms with E-state index in [4.69, 9.17) is 9.47 Å². The average molecular weight is 444 g/mol. The number of nitrogens with zero attached hydrogens (tertiary/aromatic N) is 1. The summed E-state index contributed by atoms with van der Waals surface area (Å²) in [6.07, 6.45) is -0.114. The maximum Gasteiger partial charge on any atom is 0.257 e. The highest BCUT2D eigenvalue weighted by molar-refractivity contribution is 6.05. The van der Waals surface area contributed by atoms with Gasteiger partial charge in [0, 0.05) is 50.6 Å². The third kappa shape index (κ3) is 5.83. The van der Waals surface area contributed by atoms with Crippen molar-refractivity contribution in [1.29, 1.82) is 0 Å². The van der Waals surface area contributed by atoms with E-state index in [1.54, 1.807) is 37.3 Å². The van der Waals surface area contributed by atoms with Crippen molar-refractivity contribution in [1.82, 2.24) is 10.2 Å². The number of benzene rings is 2. The van der Waals surface area contributed by atoms with E-state index in [9.17, 15) is 14.0 Å². The van der Waals surface area contributed by atoms with Crippen molar-refractivity contribution in [2.75, 3.05) is 39.2 Å². The minimum Gasteiger partial charge on any atom is -0.491 e. The third-order valence-electron chi connectivity index (χ3n) is 5.57.